The Hall–Kier alpha value is -2.04. The van der Waals surface area contributed by atoms with Gasteiger partial charge in [-0.3, -0.25) is 9.69 Å². The molecule has 0 aliphatic carbocycles. The summed E-state index contributed by atoms with van der Waals surface area (Å²) in [6.07, 6.45) is 0.928. The summed E-state index contributed by atoms with van der Waals surface area (Å²) >= 11 is 3.47. The van der Waals surface area contributed by atoms with Crippen molar-refractivity contribution in [3.63, 3.8) is 0 Å². The van der Waals surface area contributed by atoms with Crippen molar-refractivity contribution in [2.45, 2.75) is 24.3 Å². The SMILES string of the molecule is Cc1ccc(NC(=O)CN2CCc3sccc3[C@@H]2c2cccs2)cc1S(=O)(=O)N(C)C. The van der Waals surface area contributed by atoms with Gasteiger partial charge < -0.3 is 5.32 Å². The number of anilines is 1. The first kappa shape index (κ1) is 22.2. The summed E-state index contributed by atoms with van der Waals surface area (Å²) in [6.45, 7) is 2.79. The molecule has 9 heteroatoms. The fraction of sp³-hybridized carbons (Fsp3) is 0.318. The van der Waals surface area contributed by atoms with Gasteiger partial charge in [-0.25, -0.2) is 12.7 Å². The van der Waals surface area contributed by atoms with Crippen LogP contribution in [0.4, 0.5) is 5.69 Å². The molecule has 1 aromatic carbocycles. The molecule has 0 saturated carbocycles. The number of carbonyl (C=O) groups excluding carboxylic acids is 1. The maximum absolute atomic E-state index is 12.9. The first-order chi connectivity index (χ1) is 14.8. The molecule has 1 atom stereocenters. The lowest BCUT2D eigenvalue weighted by Crippen LogP contribution is -2.40. The first-order valence-corrected chi connectivity index (χ1v) is 13.1. The van der Waals surface area contributed by atoms with E-state index in [2.05, 4.69) is 33.1 Å². The third-order valence-corrected chi connectivity index (χ3v) is 9.33. The van der Waals surface area contributed by atoms with E-state index in [9.17, 15) is 13.2 Å². The van der Waals surface area contributed by atoms with Crippen LogP contribution >= 0.6 is 22.7 Å². The lowest BCUT2D eigenvalue weighted by molar-refractivity contribution is -0.117. The second-order valence-corrected chi connectivity index (χ2v) is 11.9. The van der Waals surface area contributed by atoms with Crippen molar-refractivity contribution in [1.82, 2.24) is 9.21 Å². The Kier molecular flexibility index (Phi) is 6.32. The van der Waals surface area contributed by atoms with Crippen LogP contribution in [-0.4, -0.2) is 50.7 Å². The van der Waals surface area contributed by atoms with E-state index in [1.807, 2.05) is 6.07 Å². The minimum absolute atomic E-state index is 0.0726. The zero-order valence-electron chi connectivity index (χ0n) is 17.7. The van der Waals surface area contributed by atoms with Gasteiger partial charge in [0.2, 0.25) is 15.9 Å². The van der Waals surface area contributed by atoms with E-state index in [1.165, 1.54) is 39.8 Å². The van der Waals surface area contributed by atoms with Gasteiger partial charge in [0, 0.05) is 36.1 Å². The molecule has 6 nitrogen and oxygen atoms in total. The molecule has 1 aliphatic rings. The van der Waals surface area contributed by atoms with Crippen molar-refractivity contribution >= 4 is 44.3 Å². The Morgan fingerprint density at radius 3 is 2.71 bits per heavy atom. The predicted octanol–water partition coefficient (Wildman–Crippen LogP) is 3.95. The third-order valence-electron chi connectivity index (χ3n) is 5.46. The quantitative estimate of drug-likeness (QED) is 0.586. The van der Waals surface area contributed by atoms with Crippen LogP contribution in [0.1, 0.15) is 26.9 Å². The van der Waals surface area contributed by atoms with Crippen molar-refractivity contribution in [2.75, 3.05) is 32.5 Å². The molecule has 0 unspecified atom stereocenters. The molecule has 3 aromatic rings. The molecule has 1 aliphatic heterocycles. The van der Waals surface area contributed by atoms with Gasteiger partial charge in [0.1, 0.15) is 0 Å². The number of rotatable bonds is 6. The number of nitrogens with zero attached hydrogens (tertiary/aromatic N) is 2. The number of thiophene rings is 2. The van der Waals surface area contributed by atoms with Gasteiger partial charge in [0.05, 0.1) is 17.5 Å². The molecule has 1 N–H and O–H groups in total. The Balaban J connectivity index is 1.54. The van der Waals surface area contributed by atoms with Crippen LogP contribution in [0.2, 0.25) is 0 Å². The molecule has 4 rings (SSSR count). The number of benzene rings is 1. The first-order valence-electron chi connectivity index (χ1n) is 9.94. The zero-order valence-corrected chi connectivity index (χ0v) is 20.1. The van der Waals surface area contributed by atoms with E-state index in [0.29, 0.717) is 11.3 Å². The minimum atomic E-state index is -3.58. The number of aryl methyl sites for hydroxylation is 1. The number of hydrogen-bond donors (Lipinski definition) is 1. The van der Waals surface area contributed by atoms with Crippen LogP contribution in [0.25, 0.3) is 0 Å². The highest BCUT2D eigenvalue weighted by atomic mass is 32.2. The molecule has 0 bridgehead atoms. The van der Waals surface area contributed by atoms with Crippen molar-refractivity contribution < 1.29 is 13.2 Å². The third kappa shape index (κ3) is 4.47. The van der Waals surface area contributed by atoms with Crippen molar-refractivity contribution in [3.05, 3.63) is 68.0 Å². The van der Waals surface area contributed by atoms with Crippen molar-refractivity contribution in [1.29, 1.82) is 0 Å². The second kappa shape index (κ2) is 8.84. The number of carbonyl (C=O) groups is 1. The van der Waals surface area contributed by atoms with Gasteiger partial charge in [0.15, 0.2) is 0 Å². The number of nitrogens with one attached hydrogen (secondary N) is 1. The molecule has 164 valence electrons. The average molecular weight is 476 g/mol. The molecule has 0 saturated heterocycles. The summed E-state index contributed by atoms with van der Waals surface area (Å²) < 4.78 is 26.3. The van der Waals surface area contributed by atoms with Crippen LogP contribution in [0.3, 0.4) is 0 Å². The van der Waals surface area contributed by atoms with E-state index in [0.717, 1.165) is 13.0 Å². The Morgan fingerprint density at radius 2 is 2.00 bits per heavy atom. The Bertz CT molecular complexity index is 1180. The normalized spacial score (nSPS) is 17.0. The maximum atomic E-state index is 12.9. The smallest absolute Gasteiger partial charge is 0.242 e. The molecule has 0 fully saturated rings. The monoisotopic (exact) mass is 475 g/mol. The minimum Gasteiger partial charge on any atom is -0.325 e. The summed E-state index contributed by atoms with van der Waals surface area (Å²) in [5.74, 6) is -0.155. The van der Waals surface area contributed by atoms with Gasteiger partial charge in [-0.15, -0.1) is 22.7 Å². The number of hydrogen-bond acceptors (Lipinski definition) is 6. The average Bonchev–Trinajstić information content (AvgIpc) is 3.41. The van der Waals surface area contributed by atoms with Crippen molar-refractivity contribution in [2.24, 2.45) is 0 Å². The molecular weight excluding hydrogens is 450 g/mol. The largest absolute Gasteiger partial charge is 0.325 e. The number of fused-ring (bicyclic) bond motifs is 1. The molecular formula is C22H25N3O3S3. The van der Waals surface area contributed by atoms with Crippen LogP contribution in [0, 0.1) is 6.92 Å². The summed E-state index contributed by atoms with van der Waals surface area (Å²) in [7, 11) is -0.585. The lowest BCUT2D eigenvalue weighted by Gasteiger charge is -2.34. The highest BCUT2D eigenvalue weighted by Crippen LogP contribution is 2.39. The van der Waals surface area contributed by atoms with Crippen LogP contribution in [0.5, 0.6) is 0 Å². The standard InChI is InChI=1S/C22H25N3O3S3/c1-15-6-7-16(13-20(15)31(27,28)24(2)3)23-21(26)14-25-10-8-18-17(9-12-30-18)22(25)19-5-4-11-29-19/h4-7,9,11-13,22H,8,10,14H2,1-3H3,(H,23,26)/t22-/m1/s1. The van der Waals surface area contributed by atoms with Crippen molar-refractivity contribution in [3.8, 4) is 0 Å². The van der Waals surface area contributed by atoms with E-state index in [-0.39, 0.29) is 23.4 Å². The fourth-order valence-electron chi connectivity index (χ4n) is 3.86. The zero-order chi connectivity index (χ0) is 22.2. The molecule has 3 heterocycles. The summed E-state index contributed by atoms with van der Waals surface area (Å²) in [5.41, 5.74) is 2.41. The van der Waals surface area contributed by atoms with Gasteiger partial charge in [-0.1, -0.05) is 12.1 Å². The Morgan fingerprint density at radius 1 is 1.19 bits per heavy atom. The van der Waals surface area contributed by atoms with E-state index in [1.54, 1.807) is 41.7 Å². The number of amides is 1. The second-order valence-electron chi connectivity index (χ2n) is 7.75. The maximum Gasteiger partial charge on any atom is 0.242 e. The molecule has 0 spiro atoms. The molecule has 2 aromatic heterocycles. The van der Waals surface area contributed by atoms with Gasteiger partial charge in [-0.05, 0) is 59.5 Å². The lowest BCUT2D eigenvalue weighted by atomic mass is 9.98. The molecule has 31 heavy (non-hydrogen) atoms. The van der Waals surface area contributed by atoms with Crippen LogP contribution in [-0.2, 0) is 21.2 Å². The summed E-state index contributed by atoms with van der Waals surface area (Å²) in [5, 5.41) is 7.08. The highest BCUT2D eigenvalue weighted by Gasteiger charge is 2.31. The van der Waals surface area contributed by atoms with E-state index >= 15 is 0 Å². The van der Waals surface area contributed by atoms with Gasteiger partial charge >= 0.3 is 0 Å². The van der Waals surface area contributed by atoms with E-state index in [4.69, 9.17) is 0 Å². The summed E-state index contributed by atoms with van der Waals surface area (Å²) in [4.78, 5) is 17.9. The summed E-state index contributed by atoms with van der Waals surface area (Å²) in [6, 6.07) is 11.4. The van der Waals surface area contributed by atoms with Crippen LogP contribution in [0.15, 0.2) is 52.1 Å². The molecule has 0 radical (unpaired) electrons. The van der Waals surface area contributed by atoms with Gasteiger partial charge in [-0.2, -0.15) is 0 Å². The van der Waals surface area contributed by atoms with Gasteiger partial charge in [0.25, 0.3) is 0 Å². The predicted molar refractivity (Wildman–Crippen MR) is 126 cm³/mol. The fourth-order valence-corrected chi connectivity index (χ4v) is 6.78. The molecule has 1 amide bonds. The van der Waals surface area contributed by atoms with Crippen LogP contribution < -0.4 is 5.32 Å². The number of sulfonamides is 1. The highest BCUT2D eigenvalue weighted by molar-refractivity contribution is 7.89. The topological polar surface area (TPSA) is 69.7 Å². The Labute approximate surface area is 191 Å². The van der Waals surface area contributed by atoms with E-state index < -0.39 is 10.0 Å².